The number of morpholine rings is 1. The number of hydrogen-bond acceptors (Lipinski definition) is 6. The van der Waals surface area contributed by atoms with Crippen LogP contribution in [0.2, 0.25) is 0 Å². The van der Waals surface area contributed by atoms with Crippen LogP contribution in [-0.4, -0.2) is 54.3 Å². The second-order valence-corrected chi connectivity index (χ2v) is 8.71. The summed E-state index contributed by atoms with van der Waals surface area (Å²) in [7, 11) is 0. The number of nitrogens with one attached hydrogen (secondary N) is 1. The highest BCUT2D eigenvalue weighted by Gasteiger charge is 2.15. The summed E-state index contributed by atoms with van der Waals surface area (Å²) >= 11 is 0. The molecule has 0 spiro atoms. The first-order valence-electron chi connectivity index (χ1n) is 12.2. The molecule has 0 unspecified atom stereocenters. The maximum atomic E-state index is 9.44. The molecule has 6 heteroatoms. The Morgan fingerprint density at radius 2 is 1.82 bits per heavy atom. The van der Waals surface area contributed by atoms with Gasteiger partial charge in [-0.25, -0.2) is 9.97 Å². The highest BCUT2D eigenvalue weighted by atomic mass is 16.5. The van der Waals surface area contributed by atoms with E-state index in [1.807, 2.05) is 31.2 Å². The van der Waals surface area contributed by atoms with Crippen LogP contribution in [0.15, 0.2) is 48.5 Å². The highest BCUT2D eigenvalue weighted by Crippen LogP contribution is 2.26. The Kier molecular flexibility index (Phi) is 8.24. The number of hydrogen-bond donors (Lipinski definition) is 1. The van der Waals surface area contributed by atoms with Crippen molar-refractivity contribution in [2.75, 3.05) is 44.7 Å². The predicted molar refractivity (Wildman–Crippen MR) is 136 cm³/mol. The summed E-state index contributed by atoms with van der Waals surface area (Å²) in [5.74, 6) is 1.76. The summed E-state index contributed by atoms with van der Waals surface area (Å²) in [6.07, 6.45) is 2.75. The lowest BCUT2D eigenvalue weighted by Crippen LogP contribution is -2.39. The van der Waals surface area contributed by atoms with Gasteiger partial charge in [0.1, 0.15) is 11.6 Å². The summed E-state index contributed by atoms with van der Waals surface area (Å²) in [6.45, 7) is 9.58. The van der Waals surface area contributed by atoms with E-state index in [4.69, 9.17) is 14.7 Å². The van der Waals surface area contributed by atoms with Crippen molar-refractivity contribution in [3.63, 3.8) is 0 Å². The van der Waals surface area contributed by atoms with Crippen LogP contribution in [-0.2, 0) is 17.6 Å². The molecule has 0 bridgehead atoms. The largest absolute Gasteiger partial charge is 0.379 e. The van der Waals surface area contributed by atoms with E-state index in [1.54, 1.807) is 0 Å². The van der Waals surface area contributed by atoms with Crippen LogP contribution >= 0.6 is 0 Å². The zero-order chi connectivity index (χ0) is 23.8. The van der Waals surface area contributed by atoms with E-state index in [9.17, 15) is 5.26 Å². The van der Waals surface area contributed by atoms with Gasteiger partial charge in [0.05, 0.1) is 24.8 Å². The standard InChI is InChI=1S/C28H33N5O/c1-3-6-27-26(28(32-21(2)31-27)30-13-14-33-15-17-34-18-16-33)19-22-9-11-23(12-10-22)25-8-5-4-7-24(25)20-29/h4-5,7-12H,3,6,13-19H2,1-2H3,(H,30,31,32). The lowest BCUT2D eigenvalue weighted by molar-refractivity contribution is 0.0398. The minimum Gasteiger partial charge on any atom is -0.379 e. The molecule has 1 aromatic heterocycles. The number of aryl methyl sites for hydroxylation is 2. The average Bonchev–Trinajstić information content (AvgIpc) is 2.87. The molecule has 0 saturated carbocycles. The lowest BCUT2D eigenvalue weighted by atomic mass is 9.96. The molecule has 1 fully saturated rings. The van der Waals surface area contributed by atoms with Gasteiger partial charge < -0.3 is 10.1 Å². The molecule has 2 aromatic carbocycles. The molecule has 176 valence electrons. The first kappa shape index (κ1) is 23.9. The maximum Gasteiger partial charge on any atom is 0.133 e. The van der Waals surface area contributed by atoms with Crippen LogP contribution in [0.4, 0.5) is 5.82 Å². The van der Waals surface area contributed by atoms with Crippen LogP contribution < -0.4 is 5.32 Å². The molecule has 0 aliphatic carbocycles. The molecule has 2 heterocycles. The molecule has 3 aromatic rings. The fourth-order valence-electron chi connectivity index (χ4n) is 4.43. The molecule has 6 nitrogen and oxygen atoms in total. The first-order valence-corrected chi connectivity index (χ1v) is 12.2. The van der Waals surface area contributed by atoms with E-state index in [0.717, 1.165) is 87.1 Å². The van der Waals surface area contributed by atoms with E-state index >= 15 is 0 Å². The molecule has 1 saturated heterocycles. The van der Waals surface area contributed by atoms with Gasteiger partial charge in [0.2, 0.25) is 0 Å². The van der Waals surface area contributed by atoms with E-state index in [-0.39, 0.29) is 0 Å². The highest BCUT2D eigenvalue weighted by molar-refractivity contribution is 5.70. The van der Waals surface area contributed by atoms with Crippen molar-refractivity contribution in [3.05, 3.63) is 76.7 Å². The summed E-state index contributed by atoms with van der Waals surface area (Å²) in [6, 6.07) is 18.5. The second kappa shape index (κ2) is 11.7. The van der Waals surface area contributed by atoms with Gasteiger partial charge in [-0.15, -0.1) is 0 Å². The van der Waals surface area contributed by atoms with Crippen LogP contribution in [0.5, 0.6) is 0 Å². The van der Waals surface area contributed by atoms with E-state index in [1.165, 1.54) is 11.1 Å². The summed E-state index contributed by atoms with van der Waals surface area (Å²) in [5.41, 5.74) is 6.23. The molecule has 1 N–H and O–H groups in total. The fourth-order valence-corrected chi connectivity index (χ4v) is 4.43. The predicted octanol–water partition coefficient (Wildman–Crippen LogP) is 4.61. The lowest BCUT2D eigenvalue weighted by Gasteiger charge is -2.26. The molecule has 1 aliphatic rings. The van der Waals surface area contributed by atoms with Gasteiger partial charge in [0.25, 0.3) is 0 Å². The van der Waals surface area contributed by atoms with Crippen molar-refractivity contribution >= 4 is 5.82 Å². The Labute approximate surface area is 202 Å². The topological polar surface area (TPSA) is 74.1 Å². The molecular formula is C28H33N5O. The van der Waals surface area contributed by atoms with Gasteiger partial charge in [-0.05, 0) is 36.1 Å². The third kappa shape index (κ3) is 5.99. The zero-order valence-electron chi connectivity index (χ0n) is 20.2. The van der Waals surface area contributed by atoms with Crippen molar-refractivity contribution in [2.45, 2.75) is 33.1 Å². The number of aromatic nitrogens is 2. The van der Waals surface area contributed by atoms with E-state index in [0.29, 0.717) is 5.56 Å². The van der Waals surface area contributed by atoms with Crippen LogP contribution in [0.25, 0.3) is 11.1 Å². The Morgan fingerprint density at radius 3 is 2.56 bits per heavy atom. The van der Waals surface area contributed by atoms with Crippen molar-refractivity contribution in [2.24, 2.45) is 0 Å². The Morgan fingerprint density at radius 1 is 1.06 bits per heavy atom. The Balaban J connectivity index is 1.54. The number of nitrogens with zero attached hydrogens (tertiary/aromatic N) is 4. The molecule has 0 radical (unpaired) electrons. The Bertz CT molecular complexity index is 1130. The van der Waals surface area contributed by atoms with Gasteiger partial charge >= 0.3 is 0 Å². The maximum absolute atomic E-state index is 9.44. The van der Waals surface area contributed by atoms with Gasteiger partial charge in [0, 0.05) is 43.9 Å². The van der Waals surface area contributed by atoms with Crippen molar-refractivity contribution in [1.82, 2.24) is 14.9 Å². The van der Waals surface area contributed by atoms with E-state index in [2.05, 4.69) is 47.5 Å². The summed E-state index contributed by atoms with van der Waals surface area (Å²) < 4.78 is 5.46. The third-order valence-electron chi connectivity index (χ3n) is 6.21. The molecular weight excluding hydrogens is 422 g/mol. The van der Waals surface area contributed by atoms with Crippen molar-refractivity contribution in [1.29, 1.82) is 5.26 Å². The number of ether oxygens (including phenoxy) is 1. The second-order valence-electron chi connectivity index (χ2n) is 8.71. The Hall–Kier alpha value is -3.27. The monoisotopic (exact) mass is 455 g/mol. The summed E-state index contributed by atoms with van der Waals surface area (Å²) in [5, 5.41) is 13.0. The van der Waals surface area contributed by atoms with Crippen LogP contribution in [0, 0.1) is 18.3 Å². The quantitative estimate of drug-likeness (QED) is 0.508. The van der Waals surface area contributed by atoms with Crippen LogP contribution in [0.1, 0.15) is 41.6 Å². The van der Waals surface area contributed by atoms with E-state index < -0.39 is 0 Å². The molecule has 34 heavy (non-hydrogen) atoms. The SMILES string of the molecule is CCCc1nc(C)nc(NCCN2CCOCC2)c1Cc1ccc(-c2ccccc2C#N)cc1. The number of nitriles is 1. The van der Waals surface area contributed by atoms with Gasteiger partial charge in [0.15, 0.2) is 0 Å². The normalized spacial score (nSPS) is 14.0. The van der Waals surface area contributed by atoms with Crippen molar-refractivity contribution in [3.8, 4) is 17.2 Å². The van der Waals surface area contributed by atoms with Crippen molar-refractivity contribution < 1.29 is 4.74 Å². The number of anilines is 1. The minimum absolute atomic E-state index is 0.694. The van der Waals surface area contributed by atoms with Crippen LogP contribution in [0.3, 0.4) is 0 Å². The first-order chi connectivity index (χ1) is 16.7. The molecule has 4 rings (SSSR count). The van der Waals surface area contributed by atoms with Gasteiger partial charge in [-0.3, -0.25) is 4.90 Å². The van der Waals surface area contributed by atoms with Gasteiger partial charge in [-0.2, -0.15) is 5.26 Å². The third-order valence-corrected chi connectivity index (χ3v) is 6.21. The fraction of sp³-hybridized carbons (Fsp3) is 0.393. The average molecular weight is 456 g/mol. The molecule has 0 amide bonds. The molecule has 1 aliphatic heterocycles. The smallest absolute Gasteiger partial charge is 0.133 e. The zero-order valence-corrected chi connectivity index (χ0v) is 20.2. The number of rotatable bonds is 9. The minimum atomic E-state index is 0.694. The van der Waals surface area contributed by atoms with Gasteiger partial charge in [-0.1, -0.05) is 55.8 Å². The number of benzene rings is 2. The summed E-state index contributed by atoms with van der Waals surface area (Å²) in [4.78, 5) is 12.0. The molecule has 0 atom stereocenters.